The lowest BCUT2D eigenvalue weighted by molar-refractivity contribution is -0.157. The van der Waals surface area contributed by atoms with Crippen molar-refractivity contribution in [1.82, 2.24) is 49.4 Å². The molecule has 0 aliphatic carbocycles. The van der Waals surface area contributed by atoms with E-state index in [1.165, 1.54) is 11.1 Å². The van der Waals surface area contributed by atoms with Crippen molar-refractivity contribution in [3.05, 3.63) is 138 Å². The van der Waals surface area contributed by atoms with Gasteiger partial charge in [-0.3, -0.25) is 47.9 Å². The number of piperidine rings is 3. The number of esters is 2. The van der Waals surface area contributed by atoms with Crippen LogP contribution in [0, 0.1) is 16.2 Å². The molecular weight excluding hydrogens is 1500 g/mol. The predicted octanol–water partition coefficient (Wildman–Crippen LogP) is 9.68. The first-order valence-corrected chi connectivity index (χ1v) is 39.2. The topological polar surface area (TPSA) is 332 Å². The van der Waals surface area contributed by atoms with E-state index >= 15 is 0 Å². The van der Waals surface area contributed by atoms with Crippen molar-refractivity contribution in [3.8, 4) is 0 Å². The molecule has 13 rings (SSSR count). The Bertz CT molecular complexity index is 4300. The molecule has 3 spiro atoms. The van der Waals surface area contributed by atoms with Crippen molar-refractivity contribution >= 4 is 140 Å². The van der Waals surface area contributed by atoms with E-state index in [2.05, 4.69) is 69.0 Å². The van der Waals surface area contributed by atoms with Gasteiger partial charge in [-0.25, -0.2) is 24.9 Å². The number of halogens is 2. The maximum Gasteiger partial charge on any atom is 0.306 e. The number of pyridine rings is 3. The average molecular weight is 1600 g/mol. The van der Waals surface area contributed by atoms with E-state index in [9.17, 15) is 47.9 Å². The number of hydrogen-bond acceptors (Lipinski definition) is 20. The molecule has 0 atom stereocenters. The summed E-state index contributed by atoms with van der Waals surface area (Å²) in [6, 6.07) is 5.96. The Hall–Kier alpha value is -8.90. The van der Waals surface area contributed by atoms with Crippen molar-refractivity contribution in [3.63, 3.8) is 0 Å². The minimum absolute atomic E-state index is 0. The highest BCUT2D eigenvalue weighted by molar-refractivity contribution is 9.10. The van der Waals surface area contributed by atoms with Crippen LogP contribution >= 0.6 is 51.0 Å². The van der Waals surface area contributed by atoms with Gasteiger partial charge in [0.15, 0.2) is 0 Å². The van der Waals surface area contributed by atoms with Crippen LogP contribution in [0.1, 0.15) is 156 Å². The zero-order valence-corrected chi connectivity index (χ0v) is 66.1. The summed E-state index contributed by atoms with van der Waals surface area (Å²) in [6.07, 6.45) is 28.5. The van der Waals surface area contributed by atoms with E-state index < -0.39 is 27.4 Å². The van der Waals surface area contributed by atoms with Gasteiger partial charge in [-0.2, -0.15) is 0 Å². The van der Waals surface area contributed by atoms with Gasteiger partial charge in [-0.1, -0.05) is 23.3 Å². The fourth-order valence-electron chi connectivity index (χ4n) is 14.7. The first-order chi connectivity index (χ1) is 51.0. The molecule has 8 aliphatic heterocycles. The van der Waals surface area contributed by atoms with Crippen molar-refractivity contribution in [2.75, 3.05) is 87.9 Å². The maximum absolute atomic E-state index is 13.2. The highest BCUT2D eigenvalue weighted by atomic mass is 79.9. The summed E-state index contributed by atoms with van der Waals surface area (Å²) in [4.78, 5) is 156. The average Bonchev–Trinajstić information content (AvgIpc) is 0.915. The highest BCUT2D eigenvalue weighted by Crippen LogP contribution is 2.45. The van der Waals surface area contributed by atoms with Gasteiger partial charge in [0.2, 0.25) is 47.3 Å². The number of hydrogen-bond donors (Lipinski definition) is 4. The fourth-order valence-corrected chi connectivity index (χ4v) is 16.4. The van der Waals surface area contributed by atoms with E-state index in [-0.39, 0.29) is 104 Å². The van der Waals surface area contributed by atoms with Crippen molar-refractivity contribution in [1.29, 1.82) is 0 Å². The Labute approximate surface area is 652 Å². The van der Waals surface area contributed by atoms with Crippen LogP contribution in [0.25, 0.3) is 12.2 Å². The first-order valence-electron chi connectivity index (χ1n) is 36.6. The summed E-state index contributed by atoms with van der Waals surface area (Å²) >= 11 is 6.73. The Morgan fingerprint density at radius 1 is 0.509 bits per heavy atom. The first kappa shape index (κ1) is 81.6. The zero-order valence-electron chi connectivity index (χ0n) is 62.1. The lowest BCUT2D eigenvalue weighted by atomic mass is 9.71. The summed E-state index contributed by atoms with van der Waals surface area (Å²) < 4.78 is 11.4. The van der Waals surface area contributed by atoms with Gasteiger partial charge in [-0.05, 0) is 186 Å². The summed E-state index contributed by atoms with van der Waals surface area (Å²) in [7, 11) is 0. The van der Waals surface area contributed by atoms with Crippen LogP contribution < -0.4 is 21.7 Å². The molecule has 8 amide bonds. The second-order valence-corrected chi connectivity index (χ2v) is 33.5. The number of fused-ring (bicyclic) bond motifs is 3. The molecule has 0 unspecified atom stereocenters. The van der Waals surface area contributed by atoms with Crippen molar-refractivity contribution in [2.24, 2.45) is 22.0 Å². The summed E-state index contributed by atoms with van der Waals surface area (Å²) in [5, 5.41) is 15.0. The number of carbonyl (C=O) groups is 10. The molecule has 0 bridgehead atoms. The van der Waals surface area contributed by atoms with Crippen LogP contribution in [0.3, 0.4) is 0 Å². The lowest BCUT2D eigenvalue weighted by Gasteiger charge is -2.43. The predicted molar refractivity (Wildman–Crippen MR) is 417 cm³/mol. The van der Waals surface area contributed by atoms with Crippen LogP contribution in [0.15, 0.2) is 99.9 Å². The van der Waals surface area contributed by atoms with E-state index in [0.717, 1.165) is 68.0 Å². The Morgan fingerprint density at radius 3 is 1.20 bits per heavy atom. The quantitative estimate of drug-likeness (QED) is 0.0430. The lowest BCUT2D eigenvalue weighted by Crippen LogP contribution is -2.52. The number of nitrogens with two attached hydrogens (primary N) is 1. The second-order valence-electron chi connectivity index (χ2n) is 30.6. The van der Waals surface area contributed by atoms with Crippen LogP contribution in [0.2, 0.25) is 0 Å². The molecule has 5 aromatic rings. The number of anilines is 3. The van der Waals surface area contributed by atoms with Crippen LogP contribution in [0.4, 0.5) is 17.5 Å². The summed E-state index contributed by atoms with van der Waals surface area (Å²) in [5.41, 5.74) is 9.83. The van der Waals surface area contributed by atoms with E-state index in [0.29, 0.717) is 141 Å². The molecule has 576 valence electrons. The molecule has 108 heavy (non-hydrogen) atoms. The van der Waals surface area contributed by atoms with Crippen LogP contribution in [-0.2, 0) is 89.5 Å². The number of amides is 8. The zero-order chi connectivity index (χ0) is 76.3. The molecule has 30 heteroatoms. The van der Waals surface area contributed by atoms with Gasteiger partial charge in [-0.15, -0.1) is 35.1 Å². The molecular formula is C78H96BrClN14O12S2. The number of likely N-dealkylation sites (tertiary alicyclic amines) is 3. The van der Waals surface area contributed by atoms with Crippen LogP contribution in [-0.4, -0.2) is 192 Å². The van der Waals surface area contributed by atoms with Crippen molar-refractivity contribution in [2.45, 2.75) is 162 Å². The van der Waals surface area contributed by atoms with Gasteiger partial charge in [0, 0.05) is 149 Å². The summed E-state index contributed by atoms with van der Waals surface area (Å²) in [6.45, 7) is 16.3. The van der Waals surface area contributed by atoms with Gasteiger partial charge in [0.25, 0.3) is 0 Å². The van der Waals surface area contributed by atoms with Gasteiger partial charge < -0.3 is 55.7 Å². The SMILES string of the molecule is CC(C)(C)OC(=O)CCC(=O)N1CCC2(CC1)Cc1cc(/C=C/C(=O)N3CC=C(Cc4nccs4)CC3)cnc1NC2=O.CC(C)(C)OC(=O)CCC(=O)N1CCC2(CC1)Cc1cc(Br)cnc1NC2=O.Cl.NCC(=O)N1CCC2(CC1)Cc1cc(/C=C/C(=O)N3CC=C(Cc4nccs4)CC3)cnc1NC2=O. The summed E-state index contributed by atoms with van der Waals surface area (Å²) in [5.74, 6) is 0.537. The molecule has 0 saturated carbocycles. The molecule has 26 nitrogen and oxygen atoms in total. The second kappa shape index (κ2) is 35.6. The number of aromatic nitrogens is 5. The van der Waals surface area contributed by atoms with E-state index in [1.54, 1.807) is 122 Å². The third-order valence-corrected chi connectivity index (χ3v) is 22.7. The molecule has 0 radical (unpaired) electrons. The number of nitrogens with zero attached hydrogens (tertiary/aromatic N) is 10. The molecule has 8 aliphatic rings. The molecule has 3 fully saturated rings. The Kier molecular flexibility index (Phi) is 26.9. The fraction of sp³-hybridized carbons (Fsp3) is 0.500. The number of rotatable bonds is 15. The van der Waals surface area contributed by atoms with E-state index in [1.807, 2.05) is 51.2 Å². The number of ether oxygens (including phenoxy) is 2. The molecule has 13 heterocycles. The highest BCUT2D eigenvalue weighted by Gasteiger charge is 2.48. The van der Waals surface area contributed by atoms with Gasteiger partial charge in [0.1, 0.15) is 28.7 Å². The molecule has 5 N–H and O–H groups in total. The Balaban J connectivity index is 0.000000176. The number of nitrogens with one attached hydrogen (secondary N) is 3. The molecule has 0 aromatic carbocycles. The van der Waals surface area contributed by atoms with Gasteiger partial charge in [0.05, 0.1) is 45.6 Å². The normalized spacial score (nSPS) is 18.5. The molecule has 3 saturated heterocycles. The largest absolute Gasteiger partial charge is 0.460 e. The minimum Gasteiger partial charge on any atom is -0.460 e. The van der Waals surface area contributed by atoms with Gasteiger partial charge >= 0.3 is 11.9 Å². The Morgan fingerprint density at radius 2 is 0.870 bits per heavy atom. The minimum atomic E-state index is -0.620. The monoisotopic (exact) mass is 1600 g/mol. The third kappa shape index (κ3) is 21.3. The standard InChI is InChI=1S/C32H39N5O5S.C26H30N6O3S.C20H26BrN3O4.ClH/c1-31(2,3)42-28(40)7-6-27(39)37-15-10-32(11-16-37)20-24-18-23(21-34-29(24)35-30(32)41)4-5-26(38)36-13-8-22(9-14-36)19-25-33-12-17-43-25;27-16-23(34)32-10-5-26(6-11-32)15-20-13-19(17-29-24(20)30-25(26)35)1-2-22(33)31-8-3-18(4-9-31)14-21-28-7-12-36-21;1-19(2,3)28-16(26)5-4-15(25)24-8-6-20(7-9-24)11-13-10-14(21)12-22-17(13)23-18(20)27;/h4-5,8,12,17-18,21H,6-7,9-11,13-16,19-20H2,1-3H3,(H,34,35,41);1-3,7,12-13,17H,4-6,8-11,14-16,27H2,(H,29,30,35);10,12H,4-9,11H2,1-3H3,(H,22,23,27);1H/b5-4+;2-1+;;. The number of thiazole rings is 2. The van der Waals surface area contributed by atoms with Crippen molar-refractivity contribution < 1.29 is 57.4 Å². The maximum atomic E-state index is 13.2. The smallest absolute Gasteiger partial charge is 0.306 e. The van der Waals surface area contributed by atoms with E-state index in [4.69, 9.17) is 15.2 Å². The third-order valence-electron chi connectivity index (χ3n) is 20.7. The molecule has 5 aromatic heterocycles. The van der Waals surface area contributed by atoms with Crippen LogP contribution in [0.5, 0.6) is 0 Å². The number of carbonyl (C=O) groups excluding carboxylic acids is 10.